The van der Waals surface area contributed by atoms with Gasteiger partial charge in [-0.3, -0.25) is 0 Å². The summed E-state index contributed by atoms with van der Waals surface area (Å²) in [5.74, 6) is 0.523. The van der Waals surface area contributed by atoms with Gasteiger partial charge in [0, 0.05) is 16.5 Å². The Hall–Kier alpha value is -1.72. The van der Waals surface area contributed by atoms with Gasteiger partial charge in [0.25, 0.3) is 0 Å². The Labute approximate surface area is 106 Å². The third-order valence-electron chi connectivity index (χ3n) is 2.14. The number of oxazole rings is 1. The second kappa shape index (κ2) is 4.27. The van der Waals surface area contributed by atoms with Gasteiger partial charge in [-0.2, -0.15) is 0 Å². The summed E-state index contributed by atoms with van der Waals surface area (Å²) in [5.41, 5.74) is 2.24. The molecular formula is C11H6ClN3OS. The van der Waals surface area contributed by atoms with Gasteiger partial charge < -0.3 is 4.42 Å². The van der Waals surface area contributed by atoms with Gasteiger partial charge in [0.05, 0.1) is 5.69 Å². The predicted molar refractivity (Wildman–Crippen MR) is 67.9 cm³/mol. The van der Waals surface area contributed by atoms with Crippen LogP contribution in [-0.2, 0) is 0 Å². The second-order valence-electron chi connectivity index (χ2n) is 3.33. The number of hydrogen-bond acceptors (Lipinski definition) is 5. The second-order valence-corrected chi connectivity index (χ2v) is 4.37. The number of nitrogens with zero attached hydrogens (tertiary/aromatic N) is 3. The molecule has 0 fully saturated rings. The number of rotatable bonds is 2. The van der Waals surface area contributed by atoms with Crippen molar-refractivity contribution < 1.29 is 4.42 Å². The highest BCUT2D eigenvalue weighted by Crippen LogP contribution is 2.20. The van der Waals surface area contributed by atoms with Gasteiger partial charge in [0.2, 0.25) is 5.89 Å². The Kier molecular flexibility index (Phi) is 2.62. The molecule has 0 aliphatic heterocycles. The fraction of sp³-hybridized carbons (Fsp3) is 0. The van der Waals surface area contributed by atoms with Crippen molar-refractivity contribution in [3.8, 4) is 0 Å². The van der Waals surface area contributed by atoms with Crippen molar-refractivity contribution in [3.63, 3.8) is 0 Å². The molecular weight excluding hydrogens is 258 g/mol. The molecule has 2 heterocycles. The first-order valence-corrected chi connectivity index (χ1v) is 6.04. The molecule has 2 aromatic heterocycles. The van der Waals surface area contributed by atoms with Crippen molar-refractivity contribution >= 4 is 46.4 Å². The lowest BCUT2D eigenvalue weighted by atomic mass is 10.3. The molecule has 0 atom stereocenters. The van der Waals surface area contributed by atoms with Crippen molar-refractivity contribution in [1.82, 2.24) is 14.6 Å². The molecule has 0 aliphatic rings. The molecule has 0 unspecified atom stereocenters. The van der Waals surface area contributed by atoms with Gasteiger partial charge in [-0.15, -0.1) is 5.10 Å². The van der Waals surface area contributed by atoms with Crippen LogP contribution in [0, 0.1) is 0 Å². The van der Waals surface area contributed by atoms with E-state index in [-0.39, 0.29) is 0 Å². The van der Waals surface area contributed by atoms with Gasteiger partial charge >= 0.3 is 0 Å². The fourth-order valence-corrected chi connectivity index (χ4v) is 1.98. The maximum absolute atomic E-state index is 5.87. The van der Waals surface area contributed by atoms with Gasteiger partial charge in [-0.25, -0.2) is 4.98 Å². The first-order chi connectivity index (χ1) is 8.31. The van der Waals surface area contributed by atoms with E-state index in [1.165, 1.54) is 11.5 Å². The maximum Gasteiger partial charge on any atom is 0.220 e. The minimum Gasteiger partial charge on any atom is -0.437 e. The Morgan fingerprint density at radius 1 is 1.29 bits per heavy atom. The third kappa shape index (κ3) is 2.20. The molecule has 0 saturated carbocycles. The highest BCUT2D eigenvalue weighted by atomic mass is 35.5. The van der Waals surface area contributed by atoms with Gasteiger partial charge in [-0.05, 0) is 35.8 Å². The van der Waals surface area contributed by atoms with Crippen molar-refractivity contribution in [2.45, 2.75) is 0 Å². The van der Waals surface area contributed by atoms with Crippen LogP contribution in [0.1, 0.15) is 11.6 Å². The zero-order valence-corrected chi connectivity index (χ0v) is 10.1. The van der Waals surface area contributed by atoms with Crippen molar-refractivity contribution in [2.24, 2.45) is 0 Å². The van der Waals surface area contributed by atoms with Gasteiger partial charge in [0.1, 0.15) is 5.52 Å². The molecule has 0 amide bonds. The van der Waals surface area contributed by atoms with Crippen LogP contribution in [0.2, 0.25) is 5.02 Å². The van der Waals surface area contributed by atoms with E-state index in [2.05, 4.69) is 14.6 Å². The van der Waals surface area contributed by atoms with E-state index in [1.807, 2.05) is 5.38 Å². The van der Waals surface area contributed by atoms with Crippen LogP contribution in [0.25, 0.3) is 23.3 Å². The third-order valence-corrected chi connectivity index (χ3v) is 2.90. The van der Waals surface area contributed by atoms with Crippen LogP contribution in [0.15, 0.2) is 28.0 Å². The topological polar surface area (TPSA) is 51.8 Å². The average molecular weight is 264 g/mol. The molecule has 0 N–H and O–H groups in total. The lowest BCUT2D eigenvalue weighted by molar-refractivity contribution is 0.589. The molecule has 1 aromatic carbocycles. The normalized spacial score (nSPS) is 11.6. The minimum atomic E-state index is 0.523. The van der Waals surface area contributed by atoms with Crippen LogP contribution in [0.3, 0.4) is 0 Å². The molecule has 0 bridgehead atoms. The number of halogens is 1. The number of fused-ring (bicyclic) bond motifs is 1. The quantitative estimate of drug-likeness (QED) is 0.710. The minimum absolute atomic E-state index is 0.523. The van der Waals surface area contributed by atoms with E-state index in [9.17, 15) is 0 Å². The maximum atomic E-state index is 5.87. The lowest BCUT2D eigenvalue weighted by Gasteiger charge is -1.85. The monoisotopic (exact) mass is 263 g/mol. The molecule has 3 rings (SSSR count). The SMILES string of the molecule is Clc1ccc2oc(/C=C\c3csnn3)nc2c1. The lowest BCUT2D eigenvalue weighted by Crippen LogP contribution is -1.72. The zero-order chi connectivity index (χ0) is 11.7. The largest absolute Gasteiger partial charge is 0.437 e. The molecule has 0 aliphatic carbocycles. The Morgan fingerprint density at radius 2 is 2.24 bits per heavy atom. The summed E-state index contributed by atoms with van der Waals surface area (Å²) < 4.78 is 9.28. The van der Waals surface area contributed by atoms with Crippen molar-refractivity contribution in [3.05, 3.63) is 40.2 Å². The van der Waals surface area contributed by atoms with E-state index in [0.717, 1.165) is 11.2 Å². The van der Waals surface area contributed by atoms with E-state index in [0.29, 0.717) is 16.5 Å². The van der Waals surface area contributed by atoms with Gasteiger partial charge in [-0.1, -0.05) is 16.1 Å². The standard InChI is InChI=1S/C11H6ClN3OS/c12-7-1-3-10-9(5-7)13-11(16-10)4-2-8-6-17-15-14-8/h1-6H/b4-2-. The Morgan fingerprint density at radius 3 is 3.06 bits per heavy atom. The van der Waals surface area contributed by atoms with E-state index >= 15 is 0 Å². The van der Waals surface area contributed by atoms with Crippen molar-refractivity contribution in [1.29, 1.82) is 0 Å². The molecule has 17 heavy (non-hydrogen) atoms. The van der Waals surface area contributed by atoms with Crippen LogP contribution in [0.4, 0.5) is 0 Å². The molecule has 3 aromatic rings. The van der Waals surface area contributed by atoms with Crippen LogP contribution in [0.5, 0.6) is 0 Å². The summed E-state index contributed by atoms with van der Waals surface area (Å²) in [6.45, 7) is 0. The van der Waals surface area contributed by atoms with Crippen LogP contribution in [-0.4, -0.2) is 14.6 Å². The summed E-state index contributed by atoms with van der Waals surface area (Å²) in [6, 6.07) is 5.33. The summed E-state index contributed by atoms with van der Waals surface area (Å²) in [4.78, 5) is 4.29. The van der Waals surface area contributed by atoms with E-state index in [4.69, 9.17) is 16.0 Å². The van der Waals surface area contributed by atoms with Crippen LogP contribution < -0.4 is 0 Å². The molecule has 0 saturated heterocycles. The zero-order valence-electron chi connectivity index (χ0n) is 8.50. The van der Waals surface area contributed by atoms with Crippen LogP contribution >= 0.6 is 23.1 Å². The predicted octanol–water partition coefficient (Wildman–Crippen LogP) is 3.50. The first-order valence-electron chi connectivity index (χ1n) is 4.82. The highest BCUT2D eigenvalue weighted by Gasteiger charge is 2.03. The number of hydrogen-bond donors (Lipinski definition) is 0. The molecule has 4 nitrogen and oxygen atoms in total. The highest BCUT2D eigenvalue weighted by molar-refractivity contribution is 7.03. The molecule has 84 valence electrons. The number of benzene rings is 1. The molecule has 0 radical (unpaired) electrons. The molecule has 0 spiro atoms. The first kappa shape index (κ1) is 10.4. The smallest absolute Gasteiger partial charge is 0.220 e. The average Bonchev–Trinajstić information content (AvgIpc) is 2.94. The van der Waals surface area contributed by atoms with Gasteiger partial charge in [0.15, 0.2) is 5.58 Å². The Bertz CT molecular complexity index is 675. The summed E-state index contributed by atoms with van der Waals surface area (Å²) in [7, 11) is 0. The van der Waals surface area contributed by atoms with E-state index < -0.39 is 0 Å². The fourth-order valence-electron chi connectivity index (χ4n) is 1.39. The summed E-state index contributed by atoms with van der Waals surface area (Å²) >= 11 is 7.17. The molecule has 6 heteroatoms. The van der Waals surface area contributed by atoms with E-state index in [1.54, 1.807) is 30.4 Å². The number of aromatic nitrogens is 3. The summed E-state index contributed by atoms with van der Waals surface area (Å²) in [5, 5.41) is 6.38. The summed E-state index contributed by atoms with van der Waals surface area (Å²) in [6.07, 6.45) is 3.56. The Balaban J connectivity index is 1.96. The van der Waals surface area contributed by atoms with Crippen molar-refractivity contribution in [2.75, 3.05) is 0 Å².